The molecule has 1 heterocycles. The van der Waals surface area contributed by atoms with Gasteiger partial charge in [0.25, 0.3) is 0 Å². The number of aromatic nitrogens is 1. The van der Waals surface area contributed by atoms with Crippen LogP contribution in [0.2, 0.25) is 0 Å². The second-order valence-electron chi connectivity index (χ2n) is 3.75. The zero-order valence-corrected chi connectivity index (χ0v) is 7.09. The zero-order valence-electron chi connectivity index (χ0n) is 7.09. The Labute approximate surface area is 67.5 Å². The summed E-state index contributed by atoms with van der Waals surface area (Å²) in [7, 11) is 0. The van der Waals surface area contributed by atoms with Gasteiger partial charge in [0, 0.05) is 11.9 Å². The van der Waals surface area contributed by atoms with E-state index in [1.165, 1.54) is 18.4 Å². The van der Waals surface area contributed by atoms with Crippen molar-refractivity contribution in [2.45, 2.75) is 32.1 Å². The standard InChI is InChI=1S/C10H13N/c1-8-3-4-9(7-11-8)10(2)5-6-10/h3-4,7H,5-6H2,1-2H3. The fraction of sp³-hybridized carbons (Fsp3) is 0.500. The molecule has 0 amide bonds. The van der Waals surface area contributed by atoms with Crippen LogP contribution in [-0.2, 0) is 5.41 Å². The van der Waals surface area contributed by atoms with Crippen LogP contribution in [0.3, 0.4) is 0 Å². The lowest BCUT2D eigenvalue weighted by molar-refractivity contribution is 0.780. The minimum atomic E-state index is 0.473. The maximum absolute atomic E-state index is 4.29. The van der Waals surface area contributed by atoms with Crippen molar-refractivity contribution >= 4 is 0 Å². The highest BCUT2D eigenvalue weighted by molar-refractivity contribution is 5.27. The fourth-order valence-corrected chi connectivity index (χ4v) is 1.30. The summed E-state index contributed by atoms with van der Waals surface area (Å²) in [6, 6.07) is 4.30. The molecule has 0 spiro atoms. The molecule has 1 heteroatoms. The van der Waals surface area contributed by atoms with Crippen LogP contribution in [0.25, 0.3) is 0 Å². The summed E-state index contributed by atoms with van der Waals surface area (Å²) in [5.41, 5.74) is 2.99. The van der Waals surface area contributed by atoms with Crippen molar-refractivity contribution in [3.8, 4) is 0 Å². The number of rotatable bonds is 1. The summed E-state index contributed by atoms with van der Waals surface area (Å²) < 4.78 is 0. The zero-order chi connectivity index (χ0) is 7.90. The lowest BCUT2D eigenvalue weighted by Gasteiger charge is -2.06. The molecule has 0 N–H and O–H groups in total. The fourth-order valence-electron chi connectivity index (χ4n) is 1.30. The van der Waals surface area contributed by atoms with Gasteiger partial charge in [-0.05, 0) is 36.8 Å². The van der Waals surface area contributed by atoms with Crippen molar-refractivity contribution in [3.05, 3.63) is 29.6 Å². The predicted octanol–water partition coefficient (Wildman–Crippen LogP) is 2.44. The van der Waals surface area contributed by atoms with Crippen LogP contribution in [-0.4, -0.2) is 4.98 Å². The molecule has 0 atom stereocenters. The molecule has 1 fully saturated rings. The Morgan fingerprint density at radius 1 is 1.36 bits per heavy atom. The van der Waals surface area contributed by atoms with E-state index in [9.17, 15) is 0 Å². The van der Waals surface area contributed by atoms with Crippen LogP contribution in [0, 0.1) is 6.92 Å². The van der Waals surface area contributed by atoms with Crippen LogP contribution >= 0.6 is 0 Å². The Balaban J connectivity index is 2.33. The van der Waals surface area contributed by atoms with Gasteiger partial charge in [-0.25, -0.2) is 0 Å². The topological polar surface area (TPSA) is 12.9 Å². The van der Waals surface area contributed by atoms with Crippen molar-refractivity contribution in [1.29, 1.82) is 0 Å². The van der Waals surface area contributed by atoms with Crippen molar-refractivity contribution in [1.82, 2.24) is 4.98 Å². The van der Waals surface area contributed by atoms with Gasteiger partial charge in [-0.15, -0.1) is 0 Å². The molecule has 1 saturated carbocycles. The van der Waals surface area contributed by atoms with E-state index in [0.717, 1.165) is 5.69 Å². The lowest BCUT2D eigenvalue weighted by Crippen LogP contribution is -1.99. The van der Waals surface area contributed by atoms with Gasteiger partial charge in [-0.1, -0.05) is 13.0 Å². The maximum atomic E-state index is 4.29. The SMILES string of the molecule is Cc1ccc(C2(C)CC2)cn1. The largest absolute Gasteiger partial charge is 0.261 e. The first-order chi connectivity index (χ1) is 5.21. The van der Waals surface area contributed by atoms with Crippen LogP contribution in [0.4, 0.5) is 0 Å². The second-order valence-corrected chi connectivity index (χ2v) is 3.75. The molecule has 1 nitrogen and oxygen atoms in total. The first kappa shape index (κ1) is 6.84. The molecule has 1 aromatic heterocycles. The van der Waals surface area contributed by atoms with E-state index >= 15 is 0 Å². The van der Waals surface area contributed by atoms with Gasteiger partial charge in [-0.2, -0.15) is 0 Å². The number of nitrogens with zero attached hydrogens (tertiary/aromatic N) is 1. The Kier molecular flexibility index (Phi) is 1.28. The third kappa shape index (κ3) is 1.15. The Morgan fingerprint density at radius 2 is 2.09 bits per heavy atom. The monoisotopic (exact) mass is 147 g/mol. The van der Waals surface area contributed by atoms with E-state index in [-0.39, 0.29) is 0 Å². The summed E-state index contributed by atoms with van der Waals surface area (Å²) >= 11 is 0. The quantitative estimate of drug-likeness (QED) is 0.594. The van der Waals surface area contributed by atoms with E-state index in [1.807, 2.05) is 13.1 Å². The molecule has 0 aromatic carbocycles. The third-order valence-electron chi connectivity index (χ3n) is 2.61. The van der Waals surface area contributed by atoms with E-state index in [1.54, 1.807) is 0 Å². The summed E-state index contributed by atoms with van der Waals surface area (Å²) in [6.45, 7) is 4.33. The number of pyridine rings is 1. The highest BCUT2D eigenvalue weighted by Gasteiger charge is 2.38. The van der Waals surface area contributed by atoms with E-state index in [0.29, 0.717) is 5.41 Å². The van der Waals surface area contributed by atoms with Crippen molar-refractivity contribution in [2.75, 3.05) is 0 Å². The molecule has 1 aliphatic rings. The van der Waals surface area contributed by atoms with Gasteiger partial charge in [0.1, 0.15) is 0 Å². The van der Waals surface area contributed by atoms with Crippen molar-refractivity contribution in [2.24, 2.45) is 0 Å². The molecule has 0 aliphatic heterocycles. The van der Waals surface area contributed by atoms with Gasteiger partial charge >= 0.3 is 0 Å². The highest BCUT2D eigenvalue weighted by Crippen LogP contribution is 2.47. The molecule has 1 aromatic rings. The van der Waals surface area contributed by atoms with Crippen molar-refractivity contribution in [3.63, 3.8) is 0 Å². The average molecular weight is 147 g/mol. The number of hydrogen-bond acceptors (Lipinski definition) is 1. The van der Waals surface area contributed by atoms with Crippen LogP contribution in [0.5, 0.6) is 0 Å². The van der Waals surface area contributed by atoms with E-state index in [4.69, 9.17) is 0 Å². The Hall–Kier alpha value is -0.850. The van der Waals surface area contributed by atoms with E-state index < -0.39 is 0 Å². The minimum absolute atomic E-state index is 0.473. The van der Waals surface area contributed by atoms with Crippen LogP contribution < -0.4 is 0 Å². The maximum Gasteiger partial charge on any atom is 0.0372 e. The number of aryl methyl sites for hydroxylation is 1. The van der Waals surface area contributed by atoms with Crippen molar-refractivity contribution < 1.29 is 0 Å². The molecule has 1 aliphatic carbocycles. The Bertz CT molecular complexity index is 257. The highest BCUT2D eigenvalue weighted by atomic mass is 14.7. The third-order valence-corrected chi connectivity index (χ3v) is 2.61. The molecule has 0 saturated heterocycles. The predicted molar refractivity (Wildman–Crippen MR) is 45.6 cm³/mol. The summed E-state index contributed by atoms with van der Waals surface area (Å²) in [5.74, 6) is 0. The first-order valence-corrected chi connectivity index (χ1v) is 4.14. The van der Waals surface area contributed by atoms with Gasteiger partial charge in [-0.3, -0.25) is 4.98 Å². The second kappa shape index (κ2) is 2.07. The summed E-state index contributed by atoms with van der Waals surface area (Å²) in [4.78, 5) is 4.29. The summed E-state index contributed by atoms with van der Waals surface area (Å²) in [6.07, 6.45) is 4.68. The summed E-state index contributed by atoms with van der Waals surface area (Å²) in [5, 5.41) is 0. The van der Waals surface area contributed by atoms with Gasteiger partial charge in [0.05, 0.1) is 0 Å². The molecule has 0 radical (unpaired) electrons. The van der Waals surface area contributed by atoms with Gasteiger partial charge < -0.3 is 0 Å². The molecule has 2 rings (SSSR count). The van der Waals surface area contributed by atoms with E-state index in [2.05, 4.69) is 24.0 Å². The van der Waals surface area contributed by atoms with Crippen LogP contribution in [0.15, 0.2) is 18.3 Å². The molecule has 0 unspecified atom stereocenters. The smallest absolute Gasteiger partial charge is 0.0372 e. The van der Waals surface area contributed by atoms with Gasteiger partial charge in [0.2, 0.25) is 0 Å². The number of hydrogen-bond donors (Lipinski definition) is 0. The molecular weight excluding hydrogens is 134 g/mol. The minimum Gasteiger partial charge on any atom is -0.261 e. The van der Waals surface area contributed by atoms with Gasteiger partial charge in [0.15, 0.2) is 0 Å². The molecular formula is C10H13N. The molecule has 0 bridgehead atoms. The lowest BCUT2D eigenvalue weighted by atomic mass is 10.0. The molecule has 11 heavy (non-hydrogen) atoms. The average Bonchev–Trinajstić information content (AvgIpc) is 2.70. The first-order valence-electron chi connectivity index (χ1n) is 4.14. The van der Waals surface area contributed by atoms with Crippen LogP contribution in [0.1, 0.15) is 31.0 Å². The Morgan fingerprint density at radius 3 is 2.55 bits per heavy atom. The molecule has 58 valence electrons. The normalized spacial score (nSPS) is 19.8.